The van der Waals surface area contributed by atoms with Crippen molar-refractivity contribution in [3.63, 3.8) is 0 Å². The third-order valence-corrected chi connectivity index (χ3v) is 3.89. The number of alkyl halides is 1. The molecule has 0 aromatic rings. The molecule has 0 aliphatic carbocycles. The summed E-state index contributed by atoms with van der Waals surface area (Å²) in [5.41, 5.74) is 0. The maximum atomic E-state index is 12.3. The molecule has 2 aliphatic rings. The maximum Gasteiger partial charge on any atom is 0.228 e. The van der Waals surface area contributed by atoms with Gasteiger partial charge in [0.2, 0.25) is 5.91 Å². The number of piperidine rings is 1. The van der Waals surface area contributed by atoms with Crippen molar-refractivity contribution in [2.75, 3.05) is 32.2 Å². The molecule has 0 bridgehead atoms. The van der Waals surface area contributed by atoms with Crippen LogP contribution in [0.15, 0.2) is 0 Å². The molecule has 0 aromatic heterocycles. The predicted molar refractivity (Wildman–Crippen MR) is 69.8 cm³/mol. The molecule has 104 valence electrons. The molecular formula is C13H22ClNO3. The Balaban J connectivity index is 1.73. The third kappa shape index (κ3) is 3.59. The van der Waals surface area contributed by atoms with Crippen LogP contribution in [-0.2, 0) is 14.3 Å². The normalized spacial score (nSPS) is 29.8. The maximum absolute atomic E-state index is 12.3. The number of nitrogens with zero attached hydrogens (tertiary/aromatic N) is 1. The van der Waals surface area contributed by atoms with Gasteiger partial charge in [-0.2, -0.15) is 0 Å². The van der Waals surface area contributed by atoms with Crippen LogP contribution in [0.1, 0.15) is 26.2 Å². The first-order chi connectivity index (χ1) is 8.70. The van der Waals surface area contributed by atoms with E-state index >= 15 is 0 Å². The van der Waals surface area contributed by atoms with E-state index in [-0.39, 0.29) is 24.0 Å². The Morgan fingerprint density at radius 1 is 1.44 bits per heavy atom. The Labute approximate surface area is 114 Å². The molecule has 5 heteroatoms. The van der Waals surface area contributed by atoms with E-state index in [1.165, 1.54) is 0 Å². The Hall–Kier alpha value is -0.320. The first-order valence-corrected chi connectivity index (χ1v) is 7.32. The summed E-state index contributed by atoms with van der Waals surface area (Å²) >= 11 is 5.60. The highest BCUT2D eigenvalue weighted by atomic mass is 35.5. The van der Waals surface area contributed by atoms with Gasteiger partial charge in [0, 0.05) is 19.0 Å². The minimum Gasteiger partial charge on any atom is -0.378 e. The number of hydrogen-bond donors (Lipinski definition) is 0. The Bertz CT molecular complexity index is 279. The van der Waals surface area contributed by atoms with Gasteiger partial charge in [-0.25, -0.2) is 0 Å². The summed E-state index contributed by atoms with van der Waals surface area (Å²) in [6, 6.07) is 0. The van der Waals surface area contributed by atoms with Gasteiger partial charge in [-0.15, -0.1) is 11.6 Å². The Kier molecular flexibility index (Phi) is 5.27. The summed E-state index contributed by atoms with van der Waals surface area (Å²) in [7, 11) is 0. The lowest BCUT2D eigenvalue weighted by Gasteiger charge is -2.33. The van der Waals surface area contributed by atoms with Gasteiger partial charge in [-0.05, 0) is 26.2 Å². The van der Waals surface area contributed by atoms with Crippen LogP contribution in [0.2, 0.25) is 0 Å². The zero-order chi connectivity index (χ0) is 13.0. The van der Waals surface area contributed by atoms with Gasteiger partial charge in [0.15, 0.2) is 0 Å². The standard InChI is InChI=1S/C13H22ClNO3/c1-10-8-11(9-18-10)13(16)15-5-2-12(3-6-15)17-7-4-14/h10-12H,2-9H2,1H3. The fourth-order valence-corrected chi connectivity index (χ4v) is 2.79. The molecule has 0 spiro atoms. The molecule has 2 atom stereocenters. The molecule has 0 radical (unpaired) electrons. The lowest BCUT2D eigenvalue weighted by atomic mass is 10.0. The summed E-state index contributed by atoms with van der Waals surface area (Å²) in [6.45, 7) is 4.82. The molecule has 2 fully saturated rings. The van der Waals surface area contributed by atoms with Gasteiger partial charge < -0.3 is 14.4 Å². The number of carbonyl (C=O) groups is 1. The summed E-state index contributed by atoms with van der Waals surface area (Å²) in [6.07, 6.45) is 3.20. The Morgan fingerprint density at radius 2 is 2.17 bits per heavy atom. The molecule has 2 heterocycles. The number of carbonyl (C=O) groups excluding carboxylic acids is 1. The fourth-order valence-electron chi connectivity index (χ4n) is 2.70. The van der Waals surface area contributed by atoms with Crippen LogP contribution in [0.4, 0.5) is 0 Å². The summed E-state index contributed by atoms with van der Waals surface area (Å²) in [5.74, 6) is 0.867. The number of likely N-dealkylation sites (tertiary alicyclic amines) is 1. The van der Waals surface area contributed by atoms with Crippen LogP contribution in [-0.4, -0.2) is 55.2 Å². The predicted octanol–water partition coefficient (Wildman–Crippen LogP) is 1.66. The number of rotatable bonds is 4. The van der Waals surface area contributed by atoms with Crippen LogP contribution < -0.4 is 0 Å². The van der Waals surface area contributed by atoms with Gasteiger partial charge in [0.05, 0.1) is 31.3 Å². The van der Waals surface area contributed by atoms with Crippen molar-refractivity contribution in [2.45, 2.75) is 38.4 Å². The van der Waals surface area contributed by atoms with Gasteiger partial charge in [-0.1, -0.05) is 0 Å². The molecule has 2 saturated heterocycles. The summed E-state index contributed by atoms with van der Waals surface area (Å²) < 4.78 is 11.1. The molecule has 2 rings (SSSR count). The van der Waals surface area contributed by atoms with Gasteiger partial charge in [-0.3, -0.25) is 4.79 Å². The molecule has 18 heavy (non-hydrogen) atoms. The van der Waals surface area contributed by atoms with Gasteiger partial charge in [0.25, 0.3) is 0 Å². The second kappa shape index (κ2) is 6.73. The van der Waals surface area contributed by atoms with Crippen LogP contribution >= 0.6 is 11.6 Å². The monoisotopic (exact) mass is 275 g/mol. The lowest BCUT2D eigenvalue weighted by Crippen LogP contribution is -2.44. The van der Waals surface area contributed by atoms with Crippen molar-refractivity contribution in [1.29, 1.82) is 0 Å². The van der Waals surface area contributed by atoms with E-state index in [0.29, 0.717) is 19.1 Å². The number of amides is 1. The van der Waals surface area contributed by atoms with Gasteiger partial charge >= 0.3 is 0 Å². The van der Waals surface area contributed by atoms with E-state index in [2.05, 4.69) is 0 Å². The smallest absolute Gasteiger partial charge is 0.228 e. The average molecular weight is 276 g/mol. The summed E-state index contributed by atoms with van der Waals surface area (Å²) in [5, 5.41) is 0. The molecule has 2 aliphatic heterocycles. The largest absolute Gasteiger partial charge is 0.378 e. The number of ether oxygens (including phenoxy) is 2. The van der Waals surface area contributed by atoms with Crippen molar-refractivity contribution in [1.82, 2.24) is 4.90 Å². The van der Waals surface area contributed by atoms with Crippen molar-refractivity contribution in [3.05, 3.63) is 0 Å². The van der Waals surface area contributed by atoms with Crippen LogP contribution in [0.3, 0.4) is 0 Å². The van der Waals surface area contributed by atoms with Gasteiger partial charge in [0.1, 0.15) is 0 Å². The van der Waals surface area contributed by atoms with Crippen molar-refractivity contribution in [2.24, 2.45) is 5.92 Å². The first kappa shape index (κ1) is 14.1. The summed E-state index contributed by atoms with van der Waals surface area (Å²) in [4.78, 5) is 14.2. The van der Waals surface area contributed by atoms with E-state index in [1.54, 1.807) is 0 Å². The van der Waals surface area contributed by atoms with E-state index in [1.807, 2.05) is 11.8 Å². The van der Waals surface area contributed by atoms with Crippen LogP contribution in [0.25, 0.3) is 0 Å². The van der Waals surface area contributed by atoms with Crippen LogP contribution in [0.5, 0.6) is 0 Å². The highest BCUT2D eigenvalue weighted by Crippen LogP contribution is 2.23. The molecule has 0 saturated carbocycles. The van der Waals surface area contributed by atoms with Crippen molar-refractivity contribution >= 4 is 17.5 Å². The molecule has 2 unspecified atom stereocenters. The zero-order valence-electron chi connectivity index (χ0n) is 10.9. The number of hydrogen-bond acceptors (Lipinski definition) is 3. The zero-order valence-corrected chi connectivity index (χ0v) is 11.7. The first-order valence-electron chi connectivity index (χ1n) is 6.78. The average Bonchev–Trinajstić information content (AvgIpc) is 2.83. The van der Waals surface area contributed by atoms with E-state index in [0.717, 1.165) is 32.4 Å². The highest BCUT2D eigenvalue weighted by Gasteiger charge is 2.33. The third-order valence-electron chi connectivity index (χ3n) is 3.73. The topological polar surface area (TPSA) is 38.8 Å². The second-order valence-corrected chi connectivity index (χ2v) is 5.54. The van der Waals surface area contributed by atoms with Crippen molar-refractivity contribution < 1.29 is 14.3 Å². The molecular weight excluding hydrogens is 254 g/mol. The number of halogens is 1. The Morgan fingerprint density at radius 3 is 2.72 bits per heavy atom. The molecule has 4 nitrogen and oxygen atoms in total. The minimum atomic E-state index is 0.0697. The van der Waals surface area contributed by atoms with E-state index in [9.17, 15) is 4.79 Å². The SMILES string of the molecule is CC1CC(C(=O)N2CCC(OCCCl)CC2)CO1. The molecule has 0 N–H and O–H groups in total. The fraction of sp³-hybridized carbons (Fsp3) is 0.923. The van der Waals surface area contributed by atoms with E-state index in [4.69, 9.17) is 21.1 Å². The van der Waals surface area contributed by atoms with E-state index < -0.39 is 0 Å². The minimum absolute atomic E-state index is 0.0697. The quantitative estimate of drug-likeness (QED) is 0.733. The van der Waals surface area contributed by atoms with Crippen molar-refractivity contribution in [3.8, 4) is 0 Å². The highest BCUT2D eigenvalue weighted by molar-refractivity contribution is 6.17. The second-order valence-electron chi connectivity index (χ2n) is 5.16. The molecule has 1 amide bonds. The lowest BCUT2D eigenvalue weighted by molar-refractivity contribution is -0.138. The van der Waals surface area contributed by atoms with Crippen LogP contribution in [0, 0.1) is 5.92 Å². The molecule has 0 aromatic carbocycles.